The highest BCUT2D eigenvalue weighted by molar-refractivity contribution is 6.62. The molecule has 1 aliphatic heterocycles. The highest BCUT2D eigenvalue weighted by Crippen LogP contribution is 2.41. The summed E-state index contributed by atoms with van der Waals surface area (Å²) in [5, 5.41) is 0. The third kappa shape index (κ3) is 3.10. The molecule has 1 aliphatic rings. The van der Waals surface area contributed by atoms with Crippen molar-refractivity contribution in [3.63, 3.8) is 0 Å². The molecule has 0 unspecified atom stereocenters. The van der Waals surface area contributed by atoms with Crippen molar-refractivity contribution >= 4 is 18.2 Å². The zero-order chi connectivity index (χ0) is 19.2. The molecule has 2 heterocycles. The van der Waals surface area contributed by atoms with E-state index in [1.165, 1.54) is 28.0 Å². The summed E-state index contributed by atoms with van der Waals surface area (Å²) in [7, 11) is 4.30. The lowest BCUT2D eigenvalue weighted by atomic mass is 9.64. The number of allylic oxidation sites excluding steroid dienone is 1. The minimum atomic E-state index is 0.0869. The van der Waals surface area contributed by atoms with Gasteiger partial charge in [-0.1, -0.05) is 69.3 Å². The number of anilines is 1. The van der Waals surface area contributed by atoms with E-state index in [4.69, 9.17) is 0 Å². The summed E-state index contributed by atoms with van der Waals surface area (Å²) >= 11 is 0. The van der Waals surface area contributed by atoms with Crippen molar-refractivity contribution < 1.29 is 4.59 Å². The van der Waals surface area contributed by atoms with Gasteiger partial charge in [-0.2, -0.15) is 9.27 Å². The number of rotatable bonds is 2. The largest absolute Gasteiger partial charge is 0.668 e. The van der Waals surface area contributed by atoms with Crippen LogP contribution in [0.25, 0.3) is 16.7 Å². The third-order valence-corrected chi connectivity index (χ3v) is 5.43. The fraction of sp³-hybridized carbons (Fsp3) is 0.261. The molecule has 136 valence electrons. The van der Waals surface area contributed by atoms with Crippen LogP contribution in [0.5, 0.6) is 0 Å². The first kappa shape index (κ1) is 17.7. The normalized spacial score (nSPS) is 14.2. The van der Waals surface area contributed by atoms with Gasteiger partial charge in [-0.15, -0.1) is 0 Å². The van der Waals surface area contributed by atoms with Gasteiger partial charge in [0, 0.05) is 12.7 Å². The van der Waals surface area contributed by atoms with Crippen LogP contribution < -0.4 is 9.40 Å². The molecule has 0 N–H and O–H groups in total. The van der Waals surface area contributed by atoms with Gasteiger partial charge in [0.25, 0.3) is 0 Å². The van der Waals surface area contributed by atoms with E-state index < -0.39 is 0 Å². The maximum absolute atomic E-state index is 2.41. The molecule has 4 rings (SSSR count). The zero-order valence-corrected chi connectivity index (χ0v) is 16.8. The molecule has 3 nitrogen and oxygen atoms in total. The summed E-state index contributed by atoms with van der Waals surface area (Å²) < 4.78 is 4.50. The van der Waals surface area contributed by atoms with Crippen molar-refractivity contribution in [3.8, 4) is 11.1 Å². The highest BCUT2D eigenvalue weighted by Gasteiger charge is 2.43. The van der Waals surface area contributed by atoms with Gasteiger partial charge in [-0.05, 0) is 34.2 Å². The van der Waals surface area contributed by atoms with E-state index in [-0.39, 0.29) is 12.4 Å². The monoisotopic (exact) mass is 356 g/mol. The Morgan fingerprint density at radius 1 is 0.852 bits per heavy atom. The molecule has 0 bridgehead atoms. The number of nitrogens with zero attached hydrogens (tertiary/aromatic N) is 3. The number of para-hydroxylation sites is 1. The Hall–Kier alpha value is -2.75. The van der Waals surface area contributed by atoms with Gasteiger partial charge in [0.1, 0.15) is 0 Å². The molecule has 0 saturated heterocycles. The Morgan fingerprint density at radius 3 is 2.22 bits per heavy atom. The van der Waals surface area contributed by atoms with Crippen LogP contribution in [0.15, 0.2) is 73.0 Å². The van der Waals surface area contributed by atoms with E-state index in [0.29, 0.717) is 0 Å². The van der Waals surface area contributed by atoms with Crippen LogP contribution in [0.1, 0.15) is 26.3 Å². The van der Waals surface area contributed by atoms with Crippen LogP contribution in [0.4, 0.5) is 5.69 Å². The summed E-state index contributed by atoms with van der Waals surface area (Å²) in [5.41, 5.74) is 6.58. The summed E-state index contributed by atoms with van der Waals surface area (Å²) in [4.78, 5) is 2.36. The number of hydrogen-bond acceptors (Lipinski definition) is 1. The van der Waals surface area contributed by atoms with Crippen LogP contribution in [-0.2, 0) is 7.05 Å². The minimum Gasteiger partial charge on any atom is -0.348 e. The summed E-state index contributed by atoms with van der Waals surface area (Å²) in [6, 6.07) is 19.3. The molecule has 1 aromatic heterocycles. The van der Waals surface area contributed by atoms with E-state index in [9.17, 15) is 0 Å². The average molecular weight is 356 g/mol. The molecule has 0 fully saturated rings. The number of fused-ring (bicyclic) bond motifs is 1. The van der Waals surface area contributed by atoms with Crippen LogP contribution in [0.3, 0.4) is 0 Å². The molecule has 2 aromatic carbocycles. The lowest BCUT2D eigenvalue weighted by Gasteiger charge is -2.33. The van der Waals surface area contributed by atoms with E-state index in [0.717, 1.165) is 0 Å². The van der Waals surface area contributed by atoms with Gasteiger partial charge in [0.15, 0.2) is 6.20 Å². The molecular formula is C23H27BN3+. The summed E-state index contributed by atoms with van der Waals surface area (Å²) in [6.07, 6.45) is 4.45. The molecule has 3 aromatic rings. The smallest absolute Gasteiger partial charge is 0.348 e. The number of aryl methyl sites for hydroxylation is 1. The Morgan fingerprint density at radius 2 is 1.52 bits per heavy atom. The molecule has 4 heteroatoms. The van der Waals surface area contributed by atoms with E-state index in [1.54, 1.807) is 0 Å². The molecule has 0 spiro atoms. The SMILES string of the molecule is CN1B([n+]2cc(-c3ccccc3)cn2C)C=C(C(C)(C)C)c2ccccc21. The average Bonchev–Trinajstić information content (AvgIpc) is 3.03. The lowest BCUT2D eigenvalue weighted by Crippen LogP contribution is -2.65. The fourth-order valence-corrected chi connectivity index (χ4v) is 3.99. The van der Waals surface area contributed by atoms with Gasteiger partial charge in [0.2, 0.25) is 0 Å². The quantitative estimate of drug-likeness (QED) is 0.619. The Labute approximate surface area is 162 Å². The number of benzene rings is 2. The summed E-state index contributed by atoms with van der Waals surface area (Å²) in [5.74, 6) is 2.41. The molecule has 0 atom stereocenters. The Bertz CT molecular complexity index is 996. The van der Waals surface area contributed by atoms with Gasteiger partial charge in [0.05, 0.1) is 18.8 Å². The van der Waals surface area contributed by atoms with Crippen molar-refractivity contribution in [1.82, 2.24) is 4.68 Å². The first-order valence-electron chi connectivity index (χ1n) is 9.54. The predicted molar refractivity (Wildman–Crippen MR) is 114 cm³/mol. The molecule has 0 saturated carbocycles. The Balaban J connectivity index is 1.84. The second-order valence-corrected chi connectivity index (χ2v) is 8.41. The standard InChI is InChI=1S/C23H27BN3/c1-23(2,3)21-15-24(26(5)22-14-10-9-13-20(21)22)27-17-19(16-25(27)4)18-11-7-6-8-12-18/h6-17H,1-5H3/q+1. The molecule has 0 aliphatic carbocycles. The lowest BCUT2D eigenvalue weighted by molar-refractivity contribution is -0.628. The zero-order valence-electron chi connectivity index (χ0n) is 16.8. The van der Waals surface area contributed by atoms with Crippen LogP contribution in [0.2, 0.25) is 0 Å². The first-order valence-corrected chi connectivity index (χ1v) is 9.54. The van der Waals surface area contributed by atoms with E-state index in [1.807, 2.05) is 0 Å². The van der Waals surface area contributed by atoms with Crippen LogP contribution >= 0.6 is 0 Å². The number of hydrogen-bond donors (Lipinski definition) is 0. The van der Waals surface area contributed by atoms with Crippen molar-refractivity contribution in [2.24, 2.45) is 12.5 Å². The van der Waals surface area contributed by atoms with Gasteiger partial charge < -0.3 is 4.81 Å². The van der Waals surface area contributed by atoms with Crippen molar-refractivity contribution in [3.05, 3.63) is 78.5 Å². The van der Waals surface area contributed by atoms with E-state index in [2.05, 4.69) is 122 Å². The molecule has 27 heavy (non-hydrogen) atoms. The maximum Gasteiger partial charge on any atom is 0.668 e. The van der Waals surface area contributed by atoms with Gasteiger partial charge in [-0.3, -0.25) is 0 Å². The highest BCUT2D eigenvalue weighted by atomic mass is 15.4. The fourth-order valence-electron chi connectivity index (χ4n) is 3.99. The van der Waals surface area contributed by atoms with Crippen molar-refractivity contribution in [1.29, 1.82) is 0 Å². The van der Waals surface area contributed by atoms with Gasteiger partial charge >= 0.3 is 6.98 Å². The van der Waals surface area contributed by atoms with Gasteiger partial charge in [-0.25, -0.2) is 0 Å². The van der Waals surface area contributed by atoms with E-state index >= 15 is 0 Å². The molecular weight excluding hydrogens is 329 g/mol. The topological polar surface area (TPSA) is 12.1 Å². The Kier molecular flexibility index (Phi) is 4.22. The first-order chi connectivity index (χ1) is 12.9. The second kappa shape index (κ2) is 6.45. The predicted octanol–water partition coefficient (Wildman–Crippen LogP) is 4.43. The minimum absolute atomic E-state index is 0.0869. The summed E-state index contributed by atoms with van der Waals surface area (Å²) in [6.45, 7) is 7.02. The van der Waals surface area contributed by atoms with Crippen molar-refractivity contribution in [2.75, 3.05) is 11.9 Å². The van der Waals surface area contributed by atoms with Crippen molar-refractivity contribution in [2.45, 2.75) is 20.8 Å². The second-order valence-electron chi connectivity index (χ2n) is 8.41. The number of aromatic nitrogens is 2. The molecule has 0 amide bonds. The third-order valence-electron chi connectivity index (χ3n) is 5.43. The molecule has 0 radical (unpaired) electrons. The van der Waals surface area contributed by atoms with Crippen LogP contribution in [-0.4, -0.2) is 18.7 Å². The maximum atomic E-state index is 2.41. The van der Waals surface area contributed by atoms with Crippen LogP contribution in [0, 0.1) is 5.41 Å².